The van der Waals surface area contributed by atoms with Crippen molar-refractivity contribution in [2.45, 2.75) is 19.8 Å². The van der Waals surface area contributed by atoms with Gasteiger partial charge in [0.15, 0.2) is 0 Å². The van der Waals surface area contributed by atoms with Gasteiger partial charge in [0, 0.05) is 10.2 Å². The molecule has 0 saturated carbocycles. The molecule has 0 aliphatic heterocycles. The van der Waals surface area contributed by atoms with Crippen molar-refractivity contribution in [3.05, 3.63) is 50.6 Å². The summed E-state index contributed by atoms with van der Waals surface area (Å²) >= 11 is 4.81. The van der Waals surface area contributed by atoms with Crippen molar-refractivity contribution < 1.29 is 4.79 Å². The lowest BCUT2D eigenvalue weighted by Gasteiger charge is -2.13. The highest BCUT2D eigenvalue weighted by molar-refractivity contribution is 9.10. The number of hydrogen-bond acceptors (Lipinski definition) is 2. The van der Waals surface area contributed by atoms with Gasteiger partial charge in [-0.1, -0.05) is 32.0 Å². The molecule has 0 radical (unpaired) electrons. The molecule has 0 aliphatic carbocycles. The van der Waals surface area contributed by atoms with Crippen molar-refractivity contribution in [2.75, 3.05) is 5.32 Å². The highest BCUT2D eigenvalue weighted by Gasteiger charge is 2.14. The number of rotatable bonds is 3. The van der Waals surface area contributed by atoms with Crippen LogP contribution >= 0.6 is 27.3 Å². The van der Waals surface area contributed by atoms with E-state index >= 15 is 0 Å². The monoisotopic (exact) mass is 323 g/mol. The number of para-hydroxylation sites is 1. The SMILES string of the molecule is CC(C)c1ccccc1NC(=O)c1sccc1Br. The predicted molar refractivity (Wildman–Crippen MR) is 80.5 cm³/mol. The molecule has 4 heteroatoms. The molecule has 18 heavy (non-hydrogen) atoms. The molecule has 1 aromatic heterocycles. The molecule has 1 N–H and O–H groups in total. The van der Waals surface area contributed by atoms with Crippen LogP contribution in [0.3, 0.4) is 0 Å². The molecule has 0 fully saturated rings. The number of nitrogens with one attached hydrogen (secondary N) is 1. The molecule has 2 aromatic rings. The number of benzene rings is 1. The lowest BCUT2D eigenvalue weighted by molar-refractivity contribution is 0.103. The van der Waals surface area contributed by atoms with E-state index in [1.54, 1.807) is 0 Å². The molecule has 0 unspecified atom stereocenters. The molecular weight excluding hydrogens is 310 g/mol. The Morgan fingerprint density at radius 3 is 2.61 bits per heavy atom. The van der Waals surface area contributed by atoms with Gasteiger partial charge in [-0.3, -0.25) is 4.79 Å². The standard InChI is InChI=1S/C14H14BrNOS/c1-9(2)10-5-3-4-6-12(10)16-14(17)13-11(15)7-8-18-13/h3-9H,1-2H3,(H,16,17). The molecule has 94 valence electrons. The van der Waals surface area contributed by atoms with Crippen LogP contribution in [0.15, 0.2) is 40.2 Å². The predicted octanol–water partition coefficient (Wildman–Crippen LogP) is 4.89. The minimum absolute atomic E-state index is 0.0648. The number of carbonyl (C=O) groups excluding carboxylic acids is 1. The zero-order chi connectivity index (χ0) is 13.1. The van der Waals surface area contributed by atoms with Crippen LogP contribution in [-0.4, -0.2) is 5.91 Å². The highest BCUT2D eigenvalue weighted by atomic mass is 79.9. The minimum Gasteiger partial charge on any atom is -0.321 e. The Hall–Kier alpha value is -1.13. The van der Waals surface area contributed by atoms with Crippen LogP contribution in [0.5, 0.6) is 0 Å². The van der Waals surface area contributed by atoms with E-state index in [0.717, 1.165) is 15.7 Å². The third-order valence-electron chi connectivity index (χ3n) is 2.65. The van der Waals surface area contributed by atoms with Gasteiger partial charge in [0.2, 0.25) is 0 Å². The average molecular weight is 324 g/mol. The molecule has 1 amide bonds. The van der Waals surface area contributed by atoms with Crippen molar-refractivity contribution in [1.29, 1.82) is 0 Å². The summed E-state index contributed by atoms with van der Waals surface area (Å²) in [5, 5.41) is 4.87. The second kappa shape index (κ2) is 5.67. The normalized spacial score (nSPS) is 10.7. The molecule has 0 saturated heterocycles. The van der Waals surface area contributed by atoms with Crippen LogP contribution in [0, 0.1) is 0 Å². The number of hydrogen-bond donors (Lipinski definition) is 1. The Morgan fingerprint density at radius 1 is 1.28 bits per heavy atom. The van der Waals surface area contributed by atoms with Crippen LogP contribution in [0.2, 0.25) is 0 Å². The lowest BCUT2D eigenvalue weighted by Crippen LogP contribution is -2.12. The van der Waals surface area contributed by atoms with E-state index in [4.69, 9.17) is 0 Å². The molecule has 0 spiro atoms. The Labute approximate surface area is 119 Å². The van der Waals surface area contributed by atoms with Gasteiger partial charge >= 0.3 is 0 Å². The number of thiophene rings is 1. The zero-order valence-electron chi connectivity index (χ0n) is 10.2. The first-order valence-electron chi connectivity index (χ1n) is 5.73. The quantitative estimate of drug-likeness (QED) is 0.856. The maximum atomic E-state index is 12.1. The van der Waals surface area contributed by atoms with E-state index < -0.39 is 0 Å². The summed E-state index contributed by atoms with van der Waals surface area (Å²) < 4.78 is 0.840. The van der Waals surface area contributed by atoms with Gasteiger partial charge in [0.1, 0.15) is 4.88 Å². The fourth-order valence-electron chi connectivity index (χ4n) is 1.75. The third-order valence-corrected chi connectivity index (χ3v) is 4.49. The van der Waals surface area contributed by atoms with Crippen molar-refractivity contribution in [2.24, 2.45) is 0 Å². The van der Waals surface area contributed by atoms with Gasteiger partial charge in [-0.15, -0.1) is 11.3 Å². The summed E-state index contributed by atoms with van der Waals surface area (Å²) in [5.41, 5.74) is 2.04. The molecule has 2 nitrogen and oxygen atoms in total. The Morgan fingerprint density at radius 2 is 2.00 bits per heavy atom. The van der Waals surface area contributed by atoms with Crippen LogP contribution in [0.4, 0.5) is 5.69 Å². The Kier molecular flexibility index (Phi) is 4.19. The van der Waals surface area contributed by atoms with E-state index in [1.165, 1.54) is 11.3 Å². The maximum absolute atomic E-state index is 12.1. The number of anilines is 1. The van der Waals surface area contributed by atoms with Gasteiger partial charge in [0.05, 0.1) is 0 Å². The van der Waals surface area contributed by atoms with Crippen molar-refractivity contribution in [3.8, 4) is 0 Å². The fourth-order valence-corrected chi connectivity index (χ4v) is 3.20. The number of halogens is 1. The smallest absolute Gasteiger partial charge is 0.266 e. The summed E-state index contributed by atoms with van der Waals surface area (Å²) in [7, 11) is 0. The van der Waals surface area contributed by atoms with Crippen LogP contribution in [0.25, 0.3) is 0 Å². The second-order valence-electron chi connectivity index (χ2n) is 4.29. The van der Waals surface area contributed by atoms with Gasteiger partial charge in [-0.25, -0.2) is 0 Å². The zero-order valence-corrected chi connectivity index (χ0v) is 12.6. The topological polar surface area (TPSA) is 29.1 Å². The largest absolute Gasteiger partial charge is 0.321 e. The summed E-state index contributed by atoms with van der Waals surface area (Å²) in [4.78, 5) is 12.8. The van der Waals surface area contributed by atoms with Gasteiger partial charge in [-0.05, 0) is 44.9 Å². The minimum atomic E-state index is -0.0648. The fraction of sp³-hybridized carbons (Fsp3) is 0.214. The average Bonchev–Trinajstić information content (AvgIpc) is 2.76. The van der Waals surface area contributed by atoms with Gasteiger partial charge in [0.25, 0.3) is 5.91 Å². The van der Waals surface area contributed by atoms with E-state index in [0.29, 0.717) is 10.8 Å². The summed E-state index contributed by atoms with van der Waals surface area (Å²) in [6.07, 6.45) is 0. The summed E-state index contributed by atoms with van der Waals surface area (Å²) in [6, 6.07) is 9.80. The van der Waals surface area contributed by atoms with Crippen LogP contribution in [0.1, 0.15) is 35.0 Å². The van der Waals surface area contributed by atoms with Crippen LogP contribution < -0.4 is 5.32 Å². The molecule has 1 aromatic carbocycles. The Balaban J connectivity index is 2.25. The number of amides is 1. The van der Waals surface area contributed by atoms with E-state index in [2.05, 4.69) is 35.1 Å². The van der Waals surface area contributed by atoms with Crippen molar-refractivity contribution in [3.63, 3.8) is 0 Å². The Bertz CT molecular complexity index is 562. The molecule has 1 heterocycles. The maximum Gasteiger partial charge on any atom is 0.266 e. The summed E-state index contributed by atoms with van der Waals surface area (Å²) in [5.74, 6) is 0.318. The molecule has 0 bridgehead atoms. The first-order valence-corrected chi connectivity index (χ1v) is 7.40. The van der Waals surface area contributed by atoms with Crippen LogP contribution in [-0.2, 0) is 0 Å². The lowest BCUT2D eigenvalue weighted by atomic mass is 10.0. The molecule has 0 aliphatic rings. The molecule has 0 atom stereocenters. The van der Waals surface area contributed by atoms with E-state index in [-0.39, 0.29) is 5.91 Å². The van der Waals surface area contributed by atoms with E-state index in [1.807, 2.05) is 35.7 Å². The van der Waals surface area contributed by atoms with Gasteiger partial charge < -0.3 is 5.32 Å². The summed E-state index contributed by atoms with van der Waals surface area (Å²) in [6.45, 7) is 4.23. The highest BCUT2D eigenvalue weighted by Crippen LogP contribution is 2.27. The van der Waals surface area contributed by atoms with Gasteiger partial charge in [-0.2, -0.15) is 0 Å². The van der Waals surface area contributed by atoms with E-state index in [9.17, 15) is 4.79 Å². The second-order valence-corrected chi connectivity index (χ2v) is 6.06. The van der Waals surface area contributed by atoms with Crippen molar-refractivity contribution in [1.82, 2.24) is 0 Å². The third kappa shape index (κ3) is 2.82. The molecular formula is C14H14BrNOS. The first kappa shape index (κ1) is 13.3. The molecule has 2 rings (SSSR count). The first-order chi connectivity index (χ1) is 8.59. The number of carbonyl (C=O) groups is 1. The van der Waals surface area contributed by atoms with Crippen molar-refractivity contribution >= 4 is 38.9 Å².